The van der Waals surface area contributed by atoms with Gasteiger partial charge in [-0.15, -0.1) is 0 Å². The van der Waals surface area contributed by atoms with Crippen LogP contribution in [0.15, 0.2) is 202 Å². The van der Waals surface area contributed by atoms with Gasteiger partial charge in [-0.25, -0.2) is 33.6 Å². The molecule has 1 fully saturated rings. The number of nitrogens with zero attached hydrogens (tertiary/aromatic N) is 8. The van der Waals surface area contributed by atoms with Crippen LogP contribution in [-0.2, 0) is 39.8 Å². The molecule has 1 aliphatic rings. The Morgan fingerprint density at radius 1 is 0.341 bits per heavy atom. The number of aliphatic hydroxyl groups is 6. The average Bonchev–Trinajstić information content (AvgIpc) is 0.646. The molecule has 0 unspecified atom stereocenters. The second kappa shape index (κ2) is 25.0. The summed E-state index contributed by atoms with van der Waals surface area (Å²) in [5.41, 5.74) is -2.04. The molecule has 0 radical (unpaired) electrons. The van der Waals surface area contributed by atoms with Gasteiger partial charge in [0.1, 0.15) is 18.0 Å². The van der Waals surface area contributed by atoms with Crippen LogP contribution in [0.1, 0.15) is 88.4 Å². The van der Waals surface area contributed by atoms with E-state index in [9.17, 15) is 64.2 Å². The van der Waals surface area contributed by atoms with Crippen LogP contribution < -0.4 is 5.73 Å². The van der Waals surface area contributed by atoms with Crippen LogP contribution in [0.4, 0.5) is 0 Å². The topological polar surface area (TPSA) is 452 Å². The van der Waals surface area contributed by atoms with Crippen LogP contribution in [0.2, 0.25) is 0 Å². The first kappa shape index (κ1) is 62.0. The van der Waals surface area contributed by atoms with Crippen LogP contribution >= 0.6 is 0 Å². The highest BCUT2D eigenvalue weighted by Gasteiger charge is 3.01. The summed E-state index contributed by atoms with van der Waals surface area (Å²) >= 11 is 0. The number of pyridine rings is 8. The molecule has 10 rings (SSSR count). The fraction of sp³-hybridized carbons (Fsp3) is 0.115. The summed E-state index contributed by atoms with van der Waals surface area (Å²) in [5.74, 6) is -48.2. The minimum absolute atomic E-state index is 0.302. The molecule has 30 nitrogen and oxygen atoms in total. The highest BCUT2D eigenvalue weighted by atomic mass is 16.9. The van der Waals surface area contributed by atoms with E-state index in [4.69, 9.17) is 38.9 Å². The maximum Gasteiger partial charge on any atom is 0.359 e. The molecule has 8 N–H and O–H groups in total. The van der Waals surface area contributed by atoms with E-state index in [2.05, 4.69) is 39.9 Å². The number of amides is 1. The zero-order chi connectivity index (χ0) is 64.8. The Morgan fingerprint density at radius 2 is 0.670 bits per heavy atom. The van der Waals surface area contributed by atoms with Gasteiger partial charge in [0.15, 0.2) is 0 Å². The van der Waals surface area contributed by atoms with Gasteiger partial charge in [0.05, 0.1) is 50.2 Å². The minimum atomic E-state index is -5.58. The number of hydrogen-bond donors (Lipinski definition) is 7. The van der Waals surface area contributed by atoms with Crippen molar-refractivity contribution in [3.8, 4) is 22.6 Å². The molecule has 4 atom stereocenters. The SMILES string of the molecule is NC(=O)c1cccnc1-c1nccc(-c2ncccc2C(=O)OC2(O)[C@@](O)(OC(=O)c3cccnc3)[C@](O)(OC(=O)c3cccnc3)C(O)(OC(=O)c3cccnc3)[C@@](O)(OC(=O)c3cccnc3)[C@]2(O)OC(=O)c2cccnc2)c1C(=O)OCc1ccccc1. The van der Waals surface area contributed by atoms with E-state index < -0.39 is 145 Å². The number of primary amides is 1. The minimum Gasteiger partial charge on any atom is -0.457 e. The van der Waals surface area contributed by atoms with Crippen molar-refractivity contribution in [2.24, 2.45) is 5.73 Å². The van der Waals surface area contributed by atoms with Crippen molar-refractivity contribution in [2.75, 3.05) is 0 Å². The molecule has 9 aromatic rings. The molecule has 0 spiro atoms. The van der Waals surface area contributed by atoms with Gasteiger partial charge >= 0.3 is 76.5 Å². The van der Waals surface area contributed by atoms with Gasteiger partial charge in [-0.2, -0.15) is 0 Å². The second-order valence-electron chi connectivity index (χ2n) is 19.2. The maximum absolute atomic E-state index is 15.8. The Morgan fingerprint density at radius 3 is 1.02 bits per heavy atom. The predicted molar refractivity (Wildman–Crippen MR) is 298 cm³/mol. The molecule has 1 amide bonds. The molecular weight excluding hydrogens is 1190 g/mol. The van der Waals surface area contributed by atoms with Crippen molar-refractivity contribution in [3.05, 3.63) is 252 Å². The van der Waals surface area contributed by atoms with Gasteiger partial charge < -0.3 is 69.5 Å². The summed E-state index contributed by atoms with van der Waals surface area (Å²) in [5, 5.41) is 82.5. The lowest BCUT2D eigenvalue weighted by atomic mass is 9.68. The van der Waals surface area contributed by atoms with Crippen molar-refractivity contribution in [3.63, 3.8) is 0 Å². The number of rotatable bonds is 18. The van der Waals surface area contributed by atoms with E-state index in [1.54, 1.807) is 30.3 Å². The number of ether oxygens (including phenoxy) is 7. The van der Waals surface area contributed by atoms with Gasteiger partial charge in [-0.1, -0.05) is 30.3 Å². The summed E-state index contributed by atoms with van der Waals surface area (Å²) in [7, 11) is 0. The van der Waals surface area contributed by atoms with E-state index in [1.807, 2.05) is 0 Å². The van der Waals surface area contributed by atoms with E-state index in [0.29, 0.717) is 36.5 Å². The summed E-state index contributed by atoms with van der Waals surface area (Å²) in [6, 6.07) is 23.4. The Labute approximate surface area is 509 Å². The summed E-state index contributed by atoms with van der Waals surface area (Å²) in [6.07, 6.45) is 12.2. The number of carbonyl (C=O) groups is 8. The van der Waals surface area contributed by atoms with Crippen LogP contribution in [0.5, 0.6) is 0 Å². The lowest BCUT2D eigenvalue weighted by Crippen LogP contribution is -2.98. The Bertz CT molecular complexity index is 4130. The molecule has 0 bridgehead atoms. The van der Waals surface area contributed by atoms with Crippen molar-refractivity contribution in [2.45, 2.75) is 41.3 Å². The third-order valence-electron chi connectivity index (χ3n) is 13.6. The summed E-state index contributed by atoms with van der Waals surface area (Å²) in [4.78, 5) is 149. The Kier molecular flexibility index (Phi) is 17.0. The van der Waals surface area contributed by atoms with Crippen LogP contribution in [0.25, 0.3) is 22.6 Å². The maximum atomic E-state index is 15.8. The van der Waals surface area contributed by atoms with Gasteiger partial charge in [-0.05, 0) is 96.6 Å². The molecular formula is C61H43N9O21. The number of carbonyl (C=O) groups excluding carboxylic acids is 8. The van der Waals surface area contributed by atoms with Gasteiger partial charge in [0.25, 0.3) is 5.91 Å². The average molecular weight is 1240 g/mol. The lowest BCUT2D eigenvalue weighted by molar-refractivity contribution is -0.624. The van der Waals surface area contributed by atoms with E-state index in [1.165, 1.54) is 18.3 Å². The molecule has 1 aromatic carbocycles. The van der Waals surface area contributed by atoms with Gasteiger partial charge in [0, 0.05) is 86.1 Å². The first-order valence-electron chi connectivity index (χ1n) is 26.3. The van der Waals surface area contributed by atoms with Crippen molar-refractivity contribution < 1.29 is 102 Å². The molecule has 91 heavy (non-hydrogen) atoms. The number of benzene rings is 1. The van der Waals surface area contributed by atoms with Crippen LogP contribution in [0.3, 0.4) is 0 Å². The molecule has 30 heteroatoms. The molecule has 0 saturated heterocycles. The number of aromatic nitrogens is 8. The van der Waals surface area contributed by atoms with Crippen LogP contribution in [-0.4, -0.2) is 153 Å². The molecule has 8 aromatic heterocycles. The van der Waals surface area contributed by atoms with E-state index in [-0.39, 0.29) is 11.3 Å². The Balaban J connectivity index is 1.28. The fourth-order valence-corrected chi connectivity index (χ4v) is 9.20. The first-order valence-corrected chi connectivity index (χ1v) is 26.3. The standard InChI is InChI=1S/C61H43N9O21/c62-48(71)42-18-9-27-69-46(42)47-44(55(78)85-34-35-11-2-1-3-12-35)41(20-28-70-47)45-43(19-10-26-68-45)54(77)91-61(84)59(82,89-52(75)39-16-7-24-66-32-39)57(80,87-50(73)37-14-5-22-64-30-37)56(79,86-49(72)36-13-4-21-63-29-36)58(81,88-51(74)38-15-6-23-65-31-38)60(61,83)90-53(76)40-17-8-25-67-33-40/h1-33,79-84H,34H2,(H2,62,71)/t56?,57-,58-,59+,60+,61?/m1/s1. The summed E-state index contributed by atoms with van der Waals surface area (Å²) in [6.45, 7) is -0.429. The molecule has 1 aliphatic carbocycles. The largest absolute Gasteiger partial charge is 0.457 e. The normalized spacial score (nSPS) is 21.6. The monoisotopic (exact) mass is 1240 g/mol. The zero-order valence-corrected chi connectivity index (χ0v) is 46.2. The number of hydrogen-bond acceptors (Lipinski definition) is 29. The second-order valence-corrected chi connectivity index (χ2v) is 19.2. The third-order valence-corrected chi connectivity index (χ3v) is 13.6. The highest BCUT2D eigenvalue weighted by molar-refractivity contribution is 6.08. The van der Waals surface area contributed by atoms with Gasteiger partial charge in [0.2, 0.25) is 0 Å². The molecule has 8 heterocycles. The molecule has 0 aliphatic heterocycles. The smallest absolute Gasteiger partial charge is 0.359 e. The predicted octanol–water partition coefficient (Wildman–Crippen LogP) is 2.22. The van der Waals surface area contributed by atoms with Crippen molar-refractivity contribution in [1.29, 1.82) is 0 Å². The lowest BCUT2D eigenvalue weighted by Gasteiger charge is -2.64. The first-order chi connectivity index (χ1) is 43.6. The Hall–Kier alpha value is -12.1. The van der Waals surface area contributed by atoms with Crippen molar-refractivity contribution >= 4 is 47.7 Å². The highest BCUT2D eigenvalue weighted by Crippen LogP contribution is 2.62. The van der Waals surface area contributed by atoms with E-state index >= 15 is 4.79 Å². The zero-order valence-electron chi connectivity index (χ0n) is 46.2. The third kappa shape index (κ3) is 11.1. The van der Waals surface area contributed by atoms with Crippen molar-refractivity contribution in [1.82, 2.24) is 39.9 Å². The number of esters is 7. The van der Waals surface area contributed by atoms with Crippen LogP contribution in [0, 0.1) is 0 Å². The molecule has 458 valence electrons. The van der Waals surface area contributed by atoms with Gasteiger partial charge in [-0.3, -0.25) is 44.7 Å². The quantitative estimate of drug-likeness (QED) is 0.0368. The summed E-state index contributed by atoms with van der Waals surface area (Å²) < 4.78 is 38.4. The number of nitrogens with two attached hydrogens (primary N) is 1. The molecule has 1 saturated carbocycles. The van der Waals surface area contributed by atoms with E-state index in [0.717, 1.165) is 122 Å². The fourth-order valence-electron chi connectivity index (χ4n) is 9.20.